The third-order valence-corrected chi connectivity index (χ3v) is 17.6. The standard InChI is InChI=1S/C71H127NO18/c1-3-5-7-9-11-13-15-17-19-21-23-25-27-29-31-33-35-37-39-41-43-45-47-49-59(77)72-54(55(76)48-46-44-42-40-38-36-34-32-30-28-26-24-22-20-18-16-14-12-10-8-6-4-2)53-85-69-65(83)62(80)67(57(51-74)87-69)90-71-66(84)63(81)68(58(52-75)88-71)89-70-64(82)61(79)60(78)56(50-73)86-70/h5,7,11,13,17,19,23,25,29,31,54-58,60-71,73-76,78-84H,3-4,6,8-10,12,14-16,18,20-22,24,26-28,30,32-53H2,1-2H3,(H,72,77)/b7-5-,13-11-,19-17-,25-23-,31-29-. The molecule has 0 radical (unpaired) electrons. The summed E-state index contributed by atoms with van der Waals surface area (Å²) in [5.74, 6) is -0.254. The summed E-state index contributed by atoms with van der Waals surface area (Å²) in [5.41, 5.74) is 0. The minimum Gasteiger partial charge on any atom is -0.394 e. The highest BCUT2D eigenvalue weighted by Gasteiger charge is 2.53. The van der Waals surface area contributed by atoms with E-state index in [1.54, 1.807) is 0 Å². The lowest BCUT2D eigenvalue weighted by atomic mass is 9.96. The minimum absolute atomic E-state index is 0.251. The molecule has 3 saturated heterocycles. The SMILES string of the molecule is CC/C=C\C/C=C\C/C=C\C/C=C\C/C=C\CCCCCCCCCC(=O)NC(COC1OC(CO)C(OC2OC(CO)C(OC3OC(CO)C(O)C(O)C3O)C(O)C2O)C(O)C1O)C(O)CCCCCCCCCCCCCCCCCCCCCCCC. The van der Waals surface area contributed by atoms with Gasteiger partial charge >= 0.3 is 0 Å². The van der Waals surface area contributed by atoms with Crippen LogP contribution in [0, 0.1) is 0 Å². The van der Waals surface area contributed by atoms with E-state index in [0.717, 1.165) is 103 Å². The average molecular weight is 1280 g/mol. The molecular weight excluding hydrogens is 1150 g/mol. The van der Waals surface area contributed by atoms with Crippen LogP contribution in [0.1, 0.15) is 251 Å². The van der Waals surface area contributed by atoms with Crippen molar-refractivity contribution in [3.05, 3.63) is 60.8 Å². The molecule has 0 spiro atoms. The fourth-order valence-corrected chi connectivity index (χ4v) is 11.9. The highest BCUT2D eigenvalue weighted by atomic mass is 16.8. The first-order valence-electron chi connectivity index (χ1n) is 35.5. The molecule has 0 saturated carbocycles. The van der Waals surface area contributed by atoms with E-state index < -0.39 is 124 Å². The number of amides is 1. The van der Waals surface area contributed by atoms with Crippen LogP contribution in [0.4, 0.5) is 0 Å². The van der Waals surface area contributed by atoms with E-state index in [2.05, 4.69) is 79.9 Å². The van der Waals surface area contributed by atoms with Gasteiger partial charge in [-0.2, -0.15) is 0 Å². The van der Waals surface area contributed by atoms with Gasteiger partial charge < -0.3 is 89.9 Å². The van der Waals surface area contributed by atoms with Crippen LogP contribution in [0.2, 0.25) is 0 Å². The van der Waals surface area contributed by atoms with Gasteiger partial charge in [0.1, 0.15) is 73.2 Å². The Morgan fingerprint density at radius 2 is 0.767 bits per heavy atom. The van der Waals surface area contributed by atoms with Gasteiger partial charge in [0.05, 0.1) is 38.6 Å². The Bertz CT molecular complexity index is 1870. The molecule has 17 unspecified atom stereocenters. The van der Waals surface area contributed by atoms with Gasteiger partial charge in [-0.25, -0.2) is 0 Å². The smallest absolute Gasteiger partial charge is 0.220 e. The highest BCUT2D eigenvalue weighted by molar-refractivity contribution is 5.76. The molecule has 3 heterocycles. The number of aliphatic hydroxyl groups is 11. The summed E-state index contributed by atoms with van der Waals surface area (Å²) < 4.78 is 34.4. The molecule has 3 fully saturated rings. The number of unbranched alkanes of at least 4 members (excludes halogenated alkanes) is 28. The summed E-state index contributed by atoms with van der Waals surface area (Å²) in [6, 6.07) is -0.898. The van der Waals surface area contributed by atoms with Crippen LogP contribution in [0.15, 0.2) is 60.8 Å². The Labute approximate surface area is 541 Å². The van der Waals surface area contributed by atoms with Crippen LogP contribution in [0.5, 0.6) is 0 Å². The molecule has 1 amide bonds. The van der Waals surface area contributed by atoms with Crippen molar-refractivity contribution in [2.75, 3.05) is 26.4 Å². The molecular formula is C71H127NO18. The van der Waals surface area contributed by atoms with E-state index in [-0.39, 0.29) is 18.9 Å². The number of allylic oxidation sites excluding steroid dienone is 10. The largest absolute Gasteiger partial charge is 0.394 e. The number of carbonyl (C=O) groups excluding carboxylic acids is 1. The monoisotopic (exact) mass is 1280 g/mol. The fraction of sp³-hybridized carbons (Fsp3) is 0.845. The summed E-state index contributed by atoms with van der Waals surface area (Å²) in [5, 5.41) is 121. The number of aliphatic hydroxyl groups excluding tert-OH is 11. The third kappa shape index (κ3) is 34.2. The number of hydrogen-bond donors (Lipinski definition) is 12. The summed E-state index contributed by atoms with van der Waals surface area (Å²) in [4.78, 5) is 13.4. The second kappa shape index (κ2) is 52.7. The lowest BCUT2D eigenvalue weighted by Crippen LogP contribution is -2.66. The second-order valence-electron chi connectivity index (χ2n) is 25.3. The van der Waals surface area contributed by atoms with Crippen molar-refractivity contribution in [2.24, 2.45) is 0 Å². The van der Waals surface area contributed by atoms with Gasteiger partial charge in [-0.3, -0.25) is 4.79 Å². The van der Waals surface area contributed by atoms with Crippen LogP contribution < -0.4 is 5.32 Å². The van der Waals surface area contributed by atoms with E-state index in [1.165, 1.54) is 116 Å². The van der Waals surface area contributed by atoms with Gasteiger partial charge in [0.25, 0.3) is 0 Å². The van der Waals surface area contributed by atoms with E-state index in [1.807, 2.05) is 0 Å². The molecule has 0 aromatic rings. The average Bonchev–Trinajstić information content (AvgIpc) is 0.865. The van der Waals surface area contributed by atoms with Crippen molar-refractivity contribution in [1.29, 1.82) is 0 Å². The van der Waals surface area contributed by atoms with Crippen LogP contribution in [0.25, 0.3) is 0 Å². The van der Waals surface area contributed by atoms with Crippen molar-refractivity contribution in [1.82, 2.24) is 5.32 Å². The van der Waals surface area contributed by atoms with Crippen molar-refractivity contribution in [3.63, 3.8) is 0 Å². The minimum atomic E-state index is -1.98. The number of rotatable bonds is 54. The van der Waals surface area contributed by atoms with Crippen LogP contribution in [0.3, 0.4) is 0 Å². The zero-order chi connectivity index (χ0) is 65.4. The topological polar surface area (TPSA) is 307 Å². The molecule has 0 aromatic heterocycles. The van der Waals surface area contributed by atoms with E-state index in [0.29, 0.717) is 12.8 Å². The van der Waals surface area contributed by atoms with Crippen LogP contribution in [-0.4, -0.2) is 193 Å². The van der Waals surface area contributed by atoms with Crippen LogP contribution in [-0.2, 0) is 33.2 Å². The van der Waals surface area contributed by atoms with Gasteiger partial charge in [0.2, 0.25) is 5.91 Å². The predicted octanol–water partition coefficient (Wildman–Crippen LogP) is 9.55. The van der Waals surface area contributed by atoms with Crippen molar-refractivity contribution in [3.8, 4) is 0 Å². The van der Waals surface area contributed by atoms with Crippen molar-refractivity contribution in [2.45, 2.75) is 356 Å². The molecule has 3 aliphatic rings. The molecule has 17 atom stereocenters. The Kier molecular flexibility index (Phi) is 47.9. The molecule has 0 bridgehead atoms. The van der Waals surface area contributed by atoms with E-state index in [9.17, 15) is 61.0 Å². The van der Waals surface area contributed by atoms with Gasteiger partial charge in [-0.15, -0.1) is 0 Å². The Balaban J connectivity index is 1.43. The normalized spacial score (nSPS) is 28.4. The molecule has 12 N–H and O–H groups in total. The molecule has 0 aliphatic carbocycles. The quantitative estimate of drug-likeness (QED) is 0.0199. The first-order chi connectivity index (χ1) is 43.8. The van der Waals surface area contributed by atoms with Gasteiger partial charge in [0, 0.05) is 6.42 Å². The van der Waals surface area contributed by atoms with E-state index in [4.69, 9.17) is 28.4 Å². The zero-order valence-electron chi connectivity index (χ0n) is 55.4. The molecule has 3 aliphatic heterocycles. The molecule has 19 nitrogen and oxygen atoms in total. The summed E-state index contributed by atoms with van der Waals surface area (Å²) in [7, 11) is 0. The predicted molar refractivity (Wildman–Crippen MR) is 351 cm³/mol. The first-order valence-corrected chi connectivity index (χ1v) is 35.5. The Hall–Kier alpha value is -2.51. The molecule has 3 rings (SSSR count). The maximum Gasteiger partial charge on any atom is 0.220 e. The van der Waals surface area contributed by atoms with Crippen molar-refractivity contribution >= 4 is 5.91 Å². The van der Waals surface area contributed by atoms with Crippen LogP contribution >= 0.6 is 0 Å². The summed E-state index contributed by atoms with van der Waals surface area (Å²) >= 11 is 0. The summed E-state index contributed by atoms with van der Waals surface area (Å²) in [6.45, 7) is 1.69. The second-order valence-corrected chi connectivity index (χ2v) is 25.3. The van der Waals surface area contributed by atoms with Gasteiger partial charge in [0.15, 0.2) is 18.9 Å². The highest BCUT2D eigenvalue weighted by Crippen LogP contribution is 2.33. The fourth-order valence-electron chi connectivity index (χ4n) is 11.9. The molecule has 19 heteroatoms. The number of hydrogen-bond acceptors (Lipinski definition) is 18. The van der Waals surface area contributed by atoms with Gasteiger partial charge in [-0.05, 0) is 57.8 Å². The Morgan fingerprint density at radius 1 is 0.411 bits per heavy atom. The van der Waals surface area contributed by atoms with E-state index >= 15 is 0 Å². The first kappa shape index (κ1) is 81.7. The number of carbonyl (C=O) groups is 1. The van der Waals surface area contributed by atoms with Gasteiger partial charge in [-0.1, -0.05) is 248 Å². The summed E-state index contributed by atoms with van der Waals surface area (Å²) in [6.07, 6.45) is 37.1. The lowest BCUT2D eigenvalue weighted by molar-refractivity contribution is -0.379. The maximum atomic E-state index is 13.4. The molecule has 90 heavy (non-hydrogen) atoms. The zero-order valence-corrected chi connectivity index (χ0v) is 55.4. The number of nitrogens with one attached hydrogen (secondary N) is 1. The lowest BCUT2D eigenvalue weighted by Gasteiger charge is -2.48. The number of ether oxygens (including phenoxy) is 6. The van der Waals surface area contributed by atoms with Crippen molar-refractivity contribution < 1.29 is 89.4 Å². The third-order valence-electron chi connectivity index (χ3n) is 17.6. The molecule has 524 valence electrons. The Morgan fingerprint density at radius 3 is 1.20 bits per heavy atom. The maximum absolute atomic E-state index is 13.4. The molecule has 0 aromatic carbocycles.